The average Bonchev–Trinajstić information content (AvgIpc) is 2.93. The number of nitrogens with one attached hydrogen (secondary N) is 1. The maximum Gasteiger partial charge on any atom is 0.406 e. The van der Waals surface area contributed by atoms with Crippen molar-refractivity contribution in [3.05, 3.63) is 0 Å². The lowest BCUT2D eigenvalue weighted by Gasteiger charge is -2.22. The van der Waals surface area contributed by atoms with Crippen molar-refractivity contribution in [2.75, 3.05) is 19.6 Å². The molecule has 1 saturated carbocycles. The number of amides is 1. The SMILES string of the molecule is O=C(O)CN(CC(F)(F)F)C(=O)CNC1CC1. The number of alkyl halides is 3. The molecule has 17 heavy (non-hydrogen) atoms. The first-order chi connectivity index (χ1) is 7.78. The summed E-state index contributed by atoms with van der Waals surface area (Å²) >= 11 is 0. The van der Waals surface area contributed by atoms with Crippen LogP contribution in [0.4, 0.5) is 13.2 Å². The molecule has 0 bridgehead atoms. The summed E-state index contributed by atoms with van der Waals surface area (Å²) in [5.74, 6) is -2.31. The van der Waals surface area contributed by atoms with Crippen LogP contribution < -0.4 is 5.32 Å². The van der Waals surface area contributed by atoms with Crippen molar-refractivity contribution in [3.63, 3.8) is 0 Å². The van der Waals surface area contributed by atoms with Gasteiger partial charge in [-0.25, -0.2) is 0 Å². The van der Waals surface area contributed by atoms with Crippen molar-refractivity contribution < 1.29 is 27.9 Å². The Morgan fingerprint density at radius 3 is 2.35 bits per heavy atom. The highest BCUT2D eigenvalue weighted by molar-refractivity contribution is 5.82. The monoisotopic (exact) mass is 254 g/mol. The maximum atomic E-state index is 12.1. The number of carbonyl (C=O) groups is 2. The van der Waals surface area contributed by atoms with Crippen LogP contribution in [0.25, 0.3) is 0 Å². The van der Waals surface area contributed by atoms with Crippen LogP contribution in [0.5, 0.6) is 0 Å². The summed E-state index contributed by atoms with van der Waals surface area (Å²) in [6, 6.07) is 0.177. The van der Waals surface area contributed by atoms with E-state index in [2.05, 4.69) is 5.32 Å². The second-order valence-corrected chi connectivity index (χ2v) is 3.91. The zero-order chi connectivity index (χ0) is 13.1. The van der Waals surface area contributed by atoms with Gasteiger partial charge in [0.15, 0.2) is 0 Å². The first-order valence-corrected chi connectivity index (χ1v) is 5.07. The summed E-state index contributed by atoms with van der Waals surface area (Å²) in [5.41, 5.74) is 0. The molecule has 0 saturated heterocycles. The van der Waals surface area contributed by atoms with Crippen molar-refractivity contribution in [3.8, 4) is 0 Å². The summed E-state index contributed by atoms with van der Waals surface area (Å²) in [5, 5.41) is 11.2. The van der Waals surface area contributed by atoms with Gasteiger partial charge >= 0.3 is 12.1 Å². The van der Waals surface area contributed by atoms with Gasteiger partial charge in [-0.15, -0.1) is 0 Å². The topological polar surface area (TPSA) is 69.6 Å². The third kappa shape index (κ3) is 6.10. The van der Waals surface area contributed by atoms with E-state index in [-0.39, 0.29) is 17.5 Å². The lowest BCUT2D eigenvalue weighted by Crippen LogP contribution is -2.46. The molecule has 0 heterocycles. The number of hydrogen-bond acceptors (Lipinski definition) is 3. The Morgan fingerprint density at radius 1 is 1.35 bits per heavy atom. The van der Waals surface area contributed by atoms with E-state index in [1.807, 2.05) is 0 Å². The fourth-order valence-electron chi connectivity index (χ4n) is 1.24. The number of aliphatic carboxylic acids is 1. The summed E-state index contributed by atoms with van der Waals surface area (Å²) in [4.78, 5) is 22.0. The van der Waals surface area contributed by atoms with E-state index >= 15 is 0 Å². The van der Waals surface area contributed by atoms with E-state index in [9.17, 15) is 22.8 Å². The molecule has 1 aliphatic rings. The molecule has 1 aliphatic carbocycles. The lowest BCUT2D eigenvalue weighted by atomic mass is 10.4. The van der Waals surface area contributed by atoms with Crippen molar-refractivity contribution in [2.24, 2.45) is 0 Å². The van der Waals surface area contributed by atoms with Crippen molar-refractivity contribution in [2.45, 2.75) is 25.1 Å². The highest BCUT2D eigenvalue weighted by Gasteiger charge is 2.34. The summed E-state index contributed by atoms with van der Waals surface area (Å²) in [6.07, 6.45) is -2.80. The van der Waals surface area contributed by atoms with Gasteiger partial charge in [0.2, 0.25) is 5.91 Å². The van der Waals surface area contributed by atoms with Crippen LogP contribution in [0, 0.1) is 0 Å². The van der Waals surface area contributed by atoms with Gasteiger partial charge in [0, 0.05) is 6.04 Å². The molecule has 0 aromatic rings. The summed E-state index contributed by atoms with van der Waals surface area (Å²) in [6.45, 7) is -2.73. The Hall–Kier alpha value is -1.31. The second kappa shape index (κ2) is 5.35. The lowest BCUT2D eigenvalue weighted by molar-refractivity contribution is -0.165. The van der Waals surface area contributed by atoms with Gasteiger partial charge in [-0.2, -0.15) is 13.2 Å². The molecule has 1 fully saturated rings. The van der Waals surface area contributed by atoms with Gasteiger partial charge in [0.05, 0.1) is 6.54 Å². The van der Waals surface area contributed by atoms with E-state index < -0.39 is 31.1 Å². The molecule has 1 amide bonds. The molecule has 8 heteroatoms. The second-order valence-electron chi connectivity index (χ2n) is 3.91. The van der Waals surface area contributed by atoms with Crippen LogP contribution in [0.3, 0.4) is 0 Å². The van der Waals surface area contributed by atoms with Crippen LogP contribution in [-0.2, 0) is 9.59 Å². The summed E-state index contributed by atoms with van der Waals surface area (Å²) < 4.78 is 36.4. The quantitative estimate of drug-likeness (QED) is 0.711. The first-order valence-electron chi connectivity index (χ1n) is 5.07. The van der Waals surface area contributed by atoms with E-state index in [0.717, 1.165) is 12.8 Å². The Labute approximate surface area is 95.6 Å². The number of rotatable bonds is 6. The minimum absolute atomic E-state index is 0.177. The van der Waals surface area contributed by atoms with Crippen molar-refractivity contribution in [1.82, 2.24) is 10.2 Å². The largest absolute Gasteiger partial charge is 0.480 e. The number of carboxylic acid groups (broad SMARTS) is 1. The summed E-state index contributed by atoms with van der Waals surface area (Å²) in [7, 11) is 0. The molecule has 0 radical (unpaired) electrons. The van der Waals surface area contributed by atoms with Crippen LogP contribution in [0.15, 0.2) is 0 Å². The first kappa shape index (κ1) is 13.8. The van der Waals surface area contributed by atoms with Gasteiger partial charge in [0.25, 0.3) is 0 Å². The van der Waals surface area contributed by atoms with E-state index in [0.29, 0.717) is 0 Å². The van der Waals surface area contributed by atoms with Gasteiger partial charge < -0.3 is 15.3 Å². The number of hydrogen-bond donors (Lipinski definition) is 2. The number of nitrogens with zero attached hydrogens (tertiary/aromatic N) is 1. The average molecular weight is 254 g/mol. The van der Waals surface area contributed by atoms with Gasteiger partial charge in [-0.3, -0.25) is 9.59 Å². The molecular formula is C9H13F3N2O3. The van der Waals surface area contributed by atoms with Gasteiger partial charge in [0.1, 0.15) is 13.1 Å². The third-order valence-electron chi connectivity index (χ3n) is 2.17. The van der Waals surface area contributed by atoms with E-state index in [4.69, 9.17) is 5.11 Å². The smallest absolute Gasteiger partial charge is 0.406 e. The predicted octanol–water partition coefficient (Wildman–Crippen LogP) is 0.214. The Kier molecular flexibility index (Phi) is 4.33. The Bertz CT molecular complexity index is 302. The minimum Gasteiger partial charge on any atom is -0.480 e. The molecule has 1 rings (SSSR count). The molecule has 0 aliphatic heterocycles. The number of carbonyl (C=O) groups excluding carboxylic acids is 1. The van der Waals surface area contributed by atoms with Crippen LogP contribution in [0.2, 0.25) is 0 Å². The number of halogens is 3. The minimum atomic E-state index is -4.59. The molecule has 98 valence electrons. The van der Waals surface area contributed by atoms with Gasteiger partial charge in [-0.1, -0.05) is 0 Å². The Morgan fingerprint density at radius 2 is 1.94 bits per heavy atom. The Balaban J connectivity index is 2.47. The highest BCUT2D eigenvalue weighted by atomic mass is 19.4. The maximum absolute atomic E-state index is 12.1. The van der Waals surface area contributed by atoms with Crippen LogP contribution in [0.1, 0.15) is 12.8 Å². The van der Waals surface area contributed by atoms with Crippen LogP contribution in [-0.4, -0.2) is 53.7 Å². The predicted molar refractivity (Wildman–Crippen MR) is 51.3 cm³/mol. The molecule has 0 atom stereocenters. The fraction of sp³-hybridized carbons (Fsp3) is 0.778. The van der Waals surface area contributed by atoms with E-state index in [1.54, 1.807) is 0 Å². The molecule has 5 nitrogen and oxygen atoms in total. The fourth-order valence-corrected chi connectivity index (χ4v) is 1.24. The van der Waals surface area contributed by atoms with Crippen molar-refractivity contribution >= 4 is 11.9 Å². The van der Waals surface area contributed by atoms with Crippen molar-refractivity contribution in [1.29, 1.82) is 0 Å². The standard InChI is InChI=1S/C9H13F3N2O3/c10-9(11,12)5-14(4-8(16)17)7(15)3-13-6-1-2-6/h6,13H,1-5H2,(H,16,17). The molecule has 0 aromatic heterocycles. The molecule has 0 unspecified atom stereocenters. The molecule has 0 spiro atoms. The molecular weight excluding hydrogens is 241 g/mol. The highest BCUT2D eigenvalue weighted by Crippen LogP contribution is 2.19. The van der Waals surface area contributed by atoms with Crippen LogP contribution >= 0.6 is 0 Å². The van der Waals surface area contributed by atoms with E-state index in [1.165, 1.54) is 0 Å². The normalized spacial score (nSPS) is 15.7. The molecule has 0 aromatic carbocycles. The third-order valence-corrected chi connectivity index (χ3v) is 2.17. The zero-order valence-electron chi connectivity index (χ0n) is 8.96. The zero-order valence-corrected chi connectivity index (χ0v) is 8.96. The number of carboxylic acids is 1. The molecule has 2 N–H and O–H groups in total. The van der Waals surface area contributed by atoms with Gasteiger partial charge in [-0.05, 0) is 12.8 Å².